The number of rotatable bonds is 13. The zero-order valence-corrected chi connectivity index (χ0v) is 29.1. The van der Waals surface area contributed by atoms with Crippen molar-refractivity contribution >= 4 is 19.5 Å². The summed E-state index contributed by atoms with van der Waals surface area (Å²) in [6.07, 6.45) is 15.4. The summed E-state index contributed by atoms with van der Waals surface area (Å²) in [6, 6.07) is 0. The van der Waals surface area contributed by atoms with Crippen LogP contribution in [0, 0.1) is 45.8 Å². The predicted octanol–water partition coefficient (Wildman–Crippen LogP) is 8.75. The van der Waals surface area contributed by atoms with Crippen molar-refractivity contribution in [2.75, 3.05) is 27.0 Å². The summed E-state index contributed by atoms with van der Waals surface area (Å²) in [5.74, 6) is 2.84. The van der Waals surface area contributed by atoms with Gasteiger partial charge in [0.25, 0.3) is 0 Å². The van der Waals surface area contributed by atoms with E-state index < -0.39 is 26.1 Å². The van der Waals surface area contributed by atoms with E-state index in [0.717, 1.165) is 49.4 Å². The molecule has 0 aliphatic heterocycles. The van der Waals surface area contributed by atoms with Gasteiger partial charge in [0.1, 0.15) is 6.10 Å². The first-order chi connectivity index (χ1) is 20.2. The minimum atomic E-state index is -3.58. The first-order valence-electron chi connectivity index (χ1n) is 17.0. The number of methoxy groups -OCH3 is 1. The number of allylic oxidation sites excluding steroid dienone is 1. The van der Waals surface area contributed by atoms with Gasteiger partial charge in [-0.1, -0.05) is 72.5 Å². The van der Waals surface area contributed by atoms with Gasteiger partial charge in [-0.05, 0) is 90.8 Å². The molecule has 0 aromatic carbocycles. The van der Waals surface area contributed by atoms with E-state index in [9.17, 15) is 14.2 Å². The normalized spacial score (nSPS) is 37.4. The standard InChI is InChI=1S/C35H59O7P/c1-24(2)10-9-11-25(3)28-12-13-29-34(28,5)20-16-30-33(4)19-15-27(22-26(33)14-18-35(29,30)6)42-31(36)17-21-43(38,40-8)41-23-32(37)39-7/h14,24-25,27-30H,9-13,15-23H2,1-8H3/t25-,27+,28-,29-,30-,33+,34-,35+,43?/m1/s1. The SMILES string of the molecule is COC(=O)COP(=O)(CCC(=O)O[C@H]1CC[C@@]2(C)C(=CC[C@@]3(C)[C@@H]4CC[C@H]([C@H](C)CCCC(C)C)[C@@]4(C)CC[C@@H]32)C1)OC. The van der Waals surface area contributed by atoms with Gasteiger partial charge in [0.15, 0.2) is 6.61 Å². The van der Waals surface area contributed by atoms with Crippen LogP contribution in [0.1, 0.15) is 119 Å². The number of ether oxygens (including phenoxy) is 2. The molecular weight excluding hydrogens is 563 g/mol. The third kappa shape index (κ3) is 7.14. The van der Waals surface area contributed by atoms with Crippen molar-refractivity contribution in [3.05, 3.63) is 11.6 Å². The highest BCUT2D eigenvalue weighted by Gasteiger charge is 2.64. The van der Waals surface area contributed by atoms with Gasteiger partial charge >= 0.3 is 19.5 Å². The van der Waals surface area contributed by atoms with E-state index in [-0.39, 0.29) is 24.1 Å². The topological polar surface area (TPSA) is 88.1 Å². The lowest BCUT2D eigenvalue weighted by atomic mass is 9.41. The van der Waals surface area contributed by atoms with Crippen LogP contribution in [0.4, 0.5) is 0 Å². The molecule has 3 saturated carbocycles. The fourth-order valence-electron chi connectivity index (χ4n) is 10.3. The molecule has 1 unspecified atom stereocenters. The van der Waals surface area contributed by atoms with Crippen LogP contribution in [0.15, 0.2) is 11.6 Å². The van der Waals surface area contributed by atoms with Crippen molar-refractivity contribution in [2.24, 2.45) is 45.8 Å². The second-order valence-electron chi connectivity index (χ2n) is 15.5. The van der Waals surface area contributed by atoms with Gasteiger partial charge in [-0.25, -0.2) is 4.79 Å². The molecule has 0 saturated heterocycles. The Bertz CT molecular complexity index is 1090. The van der Waals surface area contributed by atoms with Gasteiger partial charge in [0, 0.05) is 13.5 Å². The molecule has 4 aliphatic carbocycles. The van der Waals surface area contributed by atoms with Gasteiger partial charge in [0.05, 0.1) is 19.7 Å². The molecule has 8 heteroatoms. The van der Waals surface area contributed by atoms with Crippen molar-refractivity contribution in [3.8, 4) is 0 Å². The molecule has 0 amide bonds. The van der Waals surface area contributed by atoms with Crippen molar-refractivity contribution < 1.29 is 32.7 Å². The van der Waals surface area contributed by atoms with Gasteiger partial charge < -0.3 is 14.0 Å². The molecule has 0 N–H and O–H groups in total. The maximum atomic E-state index is 12.8. The molecule has 0 radical (unpaired) electrons. The van der Waals surface area contributed by atoms with Crippen LogP contribution >= 0.6 is 7.60 Å². The molecule has 0 aromatic rings. The van der Waals surface area contributed by atoms with E-state index >= 15 is 0 Å². The zero-order valence-electron chi connectivity index (χ0n) is 28.2. The van der Waals surface area contributed by atoms with E-state index in [1.807, 2.05) is 0 Å². The molecule has 0 heterocycles. The minimum absolute atomic E-state index is 0.0862. The summed E-state index contributed by atoms with van der Waals surface area (Å²) in [5, 5.41) is 0. The van der Waals surface area contributed by atoms with Gasteiger partial charge in [-0.3, -0.25) is 13.9 Å². The molecule has 9 atom stereocenters. The highest BCUT2D eigenvalue weighted by Crippen LogP contribution is 2.72. The molecule has 246 valence electrons. The maximum Gasteiger partial charge on any atom is 0.332 e. The lowest BCUT2D eigenvalue weighted by Crippen LogP contribution is -2.56. The molecule has 0 aromatic heterocycles. The van der Waals surface area contributed by atoms with E-state index in [0.29, 0.717) is 16.7 Å². The van der Waals surface area contributed by atoms with Crippen LogP contribution < -0.4 is 0 Å². The first kappa shape index (κ1) is 34.7. The van der Waals surface area contributed by atoms with Crippen LogP contribution in [0.5, 0.6) is 0 Å². The van der Waals surface area contributed by atoms with E-state index in [4.69, 9.17) is 13.8 Å². The number of hydrogen-bond acceptors (Lipinski definition) is 7. The smallest absolute Gasteiger partial charge is 0.332 e. The van der Waals surface area contributed by atoms with Gasteiger partial charge in [-0.15, -0.1) is 0 Å². The van der Waals surface area contributed by atoms with E-state index in [1.54, 1.807) is 0 Å². The van der Waals surface area contributed by atoms with Crippen LogP contribution in [-0.2, 0) is 32.7 Å². The average Bonchev–Trinajstić information content (AvgIpc) is 3.33. The Morgan fingerprint density at radius 3 is 2.37 bits per heavy atom. The second kappa shape index (κ2) is 13.7. The Balaban J connectivity index is 1.37. The Kier molecular flexibility index (Phi) is 11.0. The molecule has 0 bridgehead atoms. The van der Waals surface area contributed by atoms with Gasteiger partial charge in [0.2, 0.25) is 0 Å². The lowest BCUT2D eigenvalue weighted by Gasteiger charge is -2.63. The molecule has 4 rings (SSSR count). The highest BCUT2D eigenvalue weighted by molar-refractivity contribution is 7.53. The number of hydrogen-bond donors (Lipinski definition) is 0. The summed E-state index contributed by atoms with van der Waals surface area (Å²) in [5.41, 5.74) is 2.40. The number of carbonyl (C=O) groups is 2. The quantitative estimate of drug-likeness (QED) is 0.115. The average molecular weight is 623 g/mol. The Labute approximate surface area is 261 Å². The molecule has 4 aliphatic rings. The highest BCUT2D eigenvalue weighted by atomic mass is 31.2. The number of fused-ring (bicyclic) bond motifs is 5. The van der Waals surface area contributed by atoms with Crippen LogP contribution in [0.2, 0.25) is 0 Å². The summed E-state index contributed by atoms with van der Waals surface area (Å²) >= 11 is 0. The summed E-state index contributed by atoms with van der Waals surface area (Å²) in [4.78, 5) is 24.1. The Morgan fingerprint density at radius 2 is 1.70 bits per heavy atom. The fraction of sp³-hybridized carbons (Fsp3) is 0.886. The van der Waals surface area contributed by atoms with Crippen molar-refractivity contribution in [3.63, 3.8) is 0 Å². The zero-order chi connectivity index (χ0) is 31.6. The fourth-order valence-corrected chi connectivity index (χ4v) is 11.5. The molecule has 7 nitrogen and oxygen atoms in total. The van der Waals surface area contributed by atoms with Crippen LogP contribution in [0.3, 0.4) is 0 Å². The monoisotopic (exact) mass is 622 g/mol. The molecule has 0 spiro atoms. The number of carbonyl (C=O) groups excluding carboxylic acids is 2. The molecule has 43 heavy (non-hydrogen) atoms. The van der Waals surface area contributed by atoms with Crippen molar-refractivity contribution in [1.82, 2.24) is 0 Å². The Morgan fingerprint density at radius 1 is 0.953 bits per heavy atom. The third-order valence-electron chi connectivity index (χ3n) is 12.6. The summed E-state index contributed by atoms with van der Waals surface area (Å²) in [6.45, 7) is 14.5. The third-order valence-corrected chi connectivity index (χ3v) is 14.4. The molecular formula is C35H59O7P. The predicted molar refractivity (Wildman–Crippen MR) is 170 cm³/mol. The minimum Gasteiger partial charge on any atom is -0.467 e. The number of esters is 2. The molecule has 3 fully saturated rings. The van der Waals surface area contributed by atoms with Crippen LogP contribution in [0.25, 0.3) is 0 Å². The first-order valence-corrected chi connectivity index (χ1v) is 18.7. The van der Waals surface area contributed by atoms with Crippen LogP contribution in [-0.4, -0.2) is 45.0 Å². The second-order valence-corrected chi connectivity index (χ2v) is 17.8. The Hall–Kier alpha value is -1.17. The van der Waals surface area contributed by atoms with Crippen molar-refractivity contribution in [2.45, 2.75) is 125 Å². The lowest BCUT2D eigenvalue weighted by molar-refractivity contribution is -0.153. The largest absolute Gasteiger partial charge is 0.467 e. The van der Waals surface area contributed by atoms with E-state index in [2.05, 4.69) is 52.4 Å². The summed E-state index contributed by atoms with van der Waals surface area (Å²) in [7, 11) is -1.10. The van der Waals surface area contributed by atoms with E-state index in [1.165, 1.54) is 64.7 Å². The van der Waals surface area contributed by atoms with Crippen molar-refractivity contribution in [1.29, 1.82) is 0 Å². The summed E-state index contributed by atoms with van der Waals surface area (Å²) < 4.78 is 33.3. The maximum absolute atomic E-state index is 12.8. The van der Waals surface area contributed by atoms with Gasteiger partial charge in [-0.2, -0.15) is 0 Å².